The van der Waals surface area contributed by atoms with Gasteiger partial charge in [-0.05, 0) is 35.9 Å². The molecule has 2 aromatic carbocycles. The monoisotopic (exact) mass is 350 g/mol. The maximum Gasteiger partial charge on any atom is 0.227 e. The molecule has 0 spiro atoms. The number of nitrogens with zero attached hydrogens (tertiary/aromatic N) is 2. The van der Waals surface area contributed by atoms with Crippen LogP contribution in [0.25, 0.3) is 0 Å². The topological polar surface area (TPSA) is 23.6 Å². The highest BCUT2D eigenvalue weighted by Crippen LogP contribution is 2.23. The zero-order chi connectivity index (χ0) is 17.1. The Morgan fingerprint density at radius 2 is 1.67 bits per heavy atom. The molecule has 2 aromatic rings. The predicted octanol–water partition coefficient (Wildman–Crippen LogP) is 3.51. The molecule has 0 aliphatic carbocycles. The average molecular weight is 351 g/mol. The van der Waals surface area contributed by atoms with Crippen LogP contribution in [-0.4, -0.2) is 37.0 Å². The van der Waals surface area contributed by atoms with Crippen molar-refractivity contribution in [3.8, 4) is 0 Å². The first kappa shape index (κ1) is 16.7. The van der Waals surface area contributed by atoms with E-state index in [0.29, 0.717) is 26.2 Å². The largest absolute Gasteiger partial charge is 0.368 e. The lowest BCUT2D eigenvalue weighted by Crippen LogP contribution is -2.49. The van der Waals surface area contributed by atoms with Crippen LogP contribution in [0, 0.1) is 11.6 Å². The molecule has 1 aliphatic heterocycles. The zero-order valence-corrected chi connectivity index (χ0v) is 13.8. The Labute approximate surface area is 144 Å². The fourth-order valence-corrected chi connectivity index (χ4v) is 2.96. The summed E-state index contributed by atoms with van der Waals surface area (Å²) in [5.74, 6) is -0.718. The van der Waals surface area contributed by atoms with Gasteiger partial charge in [0.1, 0.15) is 11.6 Å². The van der Waals surface area contributed by atoms with E-state index >= 15 is 0 Å². The summed E-state index contributed by atoms with van der Waals surface area (Å²) < 4.78 is 26.1. The van der Waals surface area contributed by atoms with E-state index in [4.69, 9.17) is 11.6 Å². The van der Waals surface area contributed by atoms with Crippen molar-refractivity contribution in [2.75, 3.05) is 31.1 Å². The minimum absolute atomic E-state index is 0.0263. The Kier molecular flexibility index (Phi) is 5.00. The van der Waals surface area contributed by atoms with Gasteiger partial charge < -0.3 is 9.80 Å². The van der Waals surface area contributed by atoms with Crippen LogP contribution in [0.2, 0.25) is 5.02 Å². The van der Waals surface area contributed by atoms with Gasteiger partial charge in [-0.3, -0.25) is 4.79 Å². The summed E-state index contributed by atoms with van der Waals surface area (Å²) >= 11 is 5.82. The second-order valence-electron chi connectivity index (χ2n) is 5.77. The minimum Gasteiger partial charge on any atom is -0.368 e. The molecule has 126 valence electrons. The van der Waals surface area contributed by atoms with Crippen molar-refractivity contribution < 1.29 is 13.6 Å². The lowest BCUT2D eigenvalue weighted by Gasteiger charge is -2.36. The van der Waals surface area contributed by atoms with Crippen LogP contribution < -0.4 is 4.90 Å². The second kappa shape index (κ2) is 7.18. The van der Waals surface area contributed by atoms with Crippen LogP contribution in [0.15, 0.2) is 42.5 Å². The Hall–Kier alpha value is -2.14. The number of hydrogen-bond donors (Lipinski definition) is 0. The first-order chi connectivity index (χ1) is 11.5. The van der Waals surface area contributed by atoms with Crippen LogP contribution in [0.3, 0.4) is 0 Å². The van der Waals surface area contributed by atoms with Crippen LogP contribution in [-0.2, 0) is 11.2 Å². The molecular formula is C18H17ClF2N2O. The van der Waals surface area contributed by atoms with Crippen LogP contribution >= 0.6 is 11.6 Å². The van der Waals surface area contributed by atoms with E-state index in [1.54, 1.807) is 29.2 Å². The fraction of sp³-hybridized carbons (Fsp3) is 0.278. The Balaban J connectivity index is 1.57. The summed E-state index contributed by atoms with van der Waals surface area (Å²) in [6.45, 7) is 2.51. The van der Waals surface area contributed by atoms with Crippen molar-refractivity contribution in [3.05, 3.63) is 64.7 Å². The number of rotatable bonds is 3. The summed E-state index contributed by atoms with van der Waals surface area (Å²) in [5.41, 5.74) is 1.65. The molecule has 1 fully saturated rings. The standard InChI is InChI=1S/C18H17ClF2N2O/c19-16-12-15(5-6-17(16)21)22-7-9-23(10-8-22)18(24)11-13-1-3-14(20)4-2-13/h1-6,12H,7-11H2. The van der Waals surface area contributed by atoms with Gasteiger partial charge in [0, 0.05) is 31.9 Å². The highest BCUT2D eigenvalue weighted by Gasteiger charge is 2.21. The van der Waals surface area contributed by atoms with Crippen molar-refractivity contribution in [3.63, 3.8) is 0 Å². The molecule has 0 saturated carbocycles. The van der Waals surface area contributed by atoms with E-state index < -0.39 is 5.82 Å². The zero-order valence-electron chi connectivity index (χ0n) is 13.0. The van der Waals surface area contributed by atoms with Crippen LogP contribution in [0.5, 0.6) is 0 Å². The minimum atomic E-state index is -0.437. The number of carbonyl (C=O) groups is 1. The molecule has 3 nitrogen and oxygen atoms in total. The van der Waals surface area contributed by atoms with Gasteiger partial charge in [0.25, 0.3) is 0 Å². The smallest absolute Gasteiger partial charge is 0.227 e. The van der Waals surface area contributed by atoms with Gasteiger partial charge >= 0.3 is 0 Å². The lowest BCUT2D eigenvalue weighted by molar-refractivity contribution is -0.130. The normalized spacial score (nSPS) is 14.8. The fourth-order valence-electron chi connectivity index (χ4n) is 2.78. The molecule has 24 heavy (non-hydrogen) atoms. The van der Waals surface area contributed by atoms with Crippen molar-refractivity contribution in [1.82, 2.24) is 4.90 Å². The third-order valence-electron chi connectivity index (χ3n) is 4.17. The van der Waals surface area contributed by atoms with E-state index in [9.17, 15) is 13.6 Å². The predicted molar refractivity (Wildman–Crippen MR) is 90.3 cm³/mol. The van der Waals surface area contributed by atoms with E-state index in [-0.39, 0.29) is 23.2 Å². The highest BCUT2D eigenvalue weighted by atomic mass is 35.5. The van der Waals surface area contributed by atoms with Crippen molar-refractivity contribution in [2.24, 2.45) is 0 Å². The lowest BCUT2D eigenvalue weighted by atomic mass is 10.1. The molecule has 6 heteroatoms. The van der Waals surface area contributed by atoms with Crippen molar-refractivity contribution in [2.45, 2.75) is 6.42 Å². The molecule has 0 unspecified atom stereocenters. The Morgan fingerprint density at radius 1 is 1.00 bits per heavy atom. The average Bonchev–Trinajstić information content (AvgIpc) is 2.59. The SMILES string of the molecule is O=C(Cc1ccc(F)cc1)N1CCN(c2ccc(F)c(Cl)c2)CC1. The summed E-state index contributed by atoms with van der Waals surface area (Å²) in [4.78, 5) is 16.2. The molecular weight excluding hydrogens is 334 g/mol. The molecule has 1 heterocycles. The van der Waals surface area contributed by atoms with Crippen molar-refractivity contribution >= 4 is 23.2 Å². The van der Waals surface area contributed by atoms with Gasteiger partial charge in [-0.1, -0.05) is 23.7 Å². The van der Waals surface area contributed by atoms with E-state index in [2.05, 4.69) is 4.90 Å². The number of benzene rings is 2. The van der Waals surface area contributed by atoms with Gasteiger partial charge in [-0.25, -0.2) is 8.78 Å². The third kappa shape index (κ3) is 3.85. The molecule has 1 amide bonds. The number of hydrogen-bond acceptors (Lipinski definition) is 2. The number of amides is 1. The molecule has 3 rings (SSSR count). The molecule has 0 bridgehead atoms. The molecule has 0 atom stereocenters. The van der Waals surface area contributed by atoms with Gasteiger partial charge in [0.15, 0.2) is 0 Å². The Bertz CT molecular complexity index is 728. The summed E-state index contributed by atoms with van der Waals surface area (Å²) in [6.07, 6.45) is 0.267. The van der Waals surface area contributed by atoms with Crippen molar-refractivity contribution in [1.29, 1.82) is 0 Å². The number of anilines is 1. The summed E-state index contributed by atoms with van der Waals surface area (Å²) in [7, 11) is 0. The third-order valence-corrected chi connectivity index (χ3v) is 4.46. The number of halogens is 3. The molecule has 0 radical (unpaired) electrons. The quantitative estimate of drug-likeness (QED) is 0.845. The number of carbonyl (C=O) groups excluding carboxylic acids is 1. The van der Waals surface area contributed by atoms with E-state index in [0.717, 1.165) is 11.3 Å². The second-order valence-corrected chi connectivity index (χ2v) is 6.18. The number of piperazine rings is 1. The van der Waals surface area contributed by atoms with Gasteiger partial charge in [-0.2, -0.15) is 0 Å². The Morgan fingerprint density at radius 3 is 2.29 bits per heavy atom. The van der Waals surface area contributed by atoms with Gasteiger partial charge in [0.05, 0.1) is 11.4 Å². The summed E-state index contributed by atoms with van der Waals surface area (Å²) in [6, 6.07) is 10.6. The maximum absolute atomic E-state index is 13.2. The molecule has 1 aliphatic rings. The van der Waals surface area contributed by atoms with E-state index in [1.165, 1.54) is 18.2 Å². The first-order valence-corrected chi connectivity index (χ1v) is 8.13. The molecule has 0 aromatic heterocycles. The van der Waals surface area contributed by atoms with Crippen LogP contribution in [0.4, 0.5) is 14.5 Å². The summed E-state index contributed by atoms with van der Waals surface area (Å²) in [5, 5.41) is 0.0994. The first-order valence-electron chi connectivity index (χ1n) is 7.75. The maximum atomic E-state index is 13.2. The van der Waals surface area contributed by atoms with Gasteiger partial charge in [0.2, 0.25) is 5.91 Å². The van der Waals surface area contributed by atoms with Gasteiger partial charge in [-0.15, -0.1) is 0 Å². The van der Waals surface area contributed by atoms with E-state index in [1.807, 2.05) is 0 Å². The highest BCUT2D eigenvalue weighted by molar-refractivity contribution is 6.31. The molecule has 0 N–H and O–H groups in total. The van der Waals surface area contributed by atoms with Crippen LogP contribution in [0.1, 0.15) is 5.56 Å². The molecule has 1 saturated heterocycles.